The molecule has 1 aliphatic rings. The standard InChI is InChI=1S/C15H12ClN3O2/c16-10-5-3-4-9(14(10)17)15(21)19-8-13(20)18-11-6-1-2-7-12(11)19/h1-7H,8,17H2,(H,18,20). The summed E-state index contributed by atoms with van der Waals surface area (Å²) in [5.41, 5.74) is 7.60. The zero-order valence-corrected chi connectivity index (χ0v) is 11.7. The molecule has 6 heteroatoms. The normalized spacial score (nSPS) is 13.6. The van der Waals surface area contributed by atoms with Gasteiger partial charge in [-0.2, -0.15) is 0 Å². The number of carbonyl (C=O) groups excluding carboxylic acids is 2. The summed E-state index contributed by atoms with van der Waals surface area (Å²) >= 11 is 5.95. The molecule has 21 heavy (non-hydrogen) atoms. The molecule has 2 aromatic carbocycles. The number of anilines is 3. The highest BCUT2D eigenvalue weighted by Gasteiger charge is 2.28. The molecule has 3 N–H and O–H groups in total. The van der Waals surface area contributed by atoms with Crippen LogP contribution in [0.15, 0.2) is 42.5 Å². The van der Waals surface area contributed by atoms with Gasteiger partial charge in [0.15, 0.2) is 0 Å². The monoisotopic (exact) mass is 301 g/mol. The first kappa shape index (κ1) is 13.5. The lowest BCUT2D eigenvalue weighted by atomic mass is 10.1. The van der Waals surface area contributed by atoms with E-state index in [0.29, 0.717) is 16.4 Å². The second kappa shape index (κ2) is 5.10. The van der Waals surface area contributed by atoms with E-state index in [1.54, 1.807) is 42.5 Å². The minimum Gasteiger partial charge on any atom is -0.397 e. The first-order valence-electron chi connectivity index (χ1n) is 6.32. The molecule has 0 saturated heterocycles. The lowest BCUT2D eigenvalue weighted by molar-refractivity contribution is -0.115. The predicted octanol–water partition coefficient (Wildman–Crippen LogP) is 2.52. The summed E-state index contributed by atoms with van der Waals surface area (Å²) in [7, 11) is 0. The Labute approximate surface area is 126 Å². The van der Waals surface area contributed by atoms with Gasteiger partial charge in [0, 0.05) is 0 Å². The topological polar surface area (TPSA) is 75.4 Å². The van der Waals surface area contributed by atoms with Crippen LogP contribution in [-0.2, 0) is 4.79 Å². The van der Waals surface area contributed by atoms with E-state index in [2.05, 4.69) is 5.32 Å². The van der Waals surface area contributed by atoms with Crippen molar-refractivity contribution in [3.05, 3.63) is 53.1 Å². The van der Waals surface area contributed by atoms with Gasteiger partial charge >= 0.3 is 0 Å². The largest absolute Gasteiger partial charge is 0.397 e. The molecule has 5 nitrogen and oxygen atoms in total. The maximum atomic E-state index is 12.7. The number of nitrogens with one attached hydrogen (secondary N) is 1. The van der Waals surface area contributed by atoms with E-state index < -0.39 is 0 Å². The molecule has 0 aromatic heterocycles. The first-order chi connectivity index (χ1) is 10.1. The van der Waals surface area contributed by atoms with Crippen molar-refractivity contribution >= 4 is 40.5 Å². The molecule has 1 heterocycles. The number of rotatable bonds is 1. The van der Waals surface area contributed by atoms with E-state index in [0.717, 1.165) is 0 Å². The highest BCUT2D eigenvalue weighted by atomic mass is 35.5. The first-order valence-corrected chi connectivity index (χ1v) is 6.70. The Morgan fingerprint density at radius 1 is 1.19 bits per heavy atom. The third-order valence-corrected chi connectivity index (χ3v) is 3.63. The molecule has 0 radical (unpaired) electrons. The van der Waals surface area contributed by atoms with Gasteiger partial charge < -0.3 is 11.1 Å². The Kier molecular flexibility index (Phi) is 3.27. The predicted molar refractivity (Wildman–Crippen MR) is 82.6 cm³/mol. The fraction of sp³-hybridized carbons (Fsp3) is 0.0667. The fourth-order valence-corrected chi connectivity index (χ4v) is 2.46. The summed E-state index contributed by atoms with van der Waals surface area (Å²) < 4.78 is 0. The number of nitrogens with zero attached hydrogens (tertiary/aromatic N) is 1. The van der Waals surface area contributed by atoms with Gasteiger partial charge in [-0.1, -0.05) is 29.8 Å². The Hall–Kier alpha value is -2.53. The molecule has 0 fully saturated rings. The molecule has 0 unspecified atom stereocenters. The van der Waals surface area contributed by atoms with Crippen molar-refractivity contribution in [2.75, 3.05) is 22.5 Å². The van der Waals surface area contributed by atoms with Crippen LogP contribution in [0.5, 0.6) is 0 Å². The van der Waals surface area contributed by atoms with Crippen molar-refractivity contribution in [1.82, 2.24) is 0 Å². The average Bonchev–Trinajstić information content (AvgIpc) is 2.48. The molecule has 0 spiro atoms. The Balaban J connectivity index is 2.06. The zero-order chi connectivity index (χ0) is 15.0. The van der Waals surface area contributed by atoms with Gasteiger partial charge in [0.2, 0.25) is 5.91 Å². The van der Waals surface area contributed by atoms with Gasteiger partial charge in [-0.25, -0.2) is 0 Å². The van der Waals surface area contributed by atoms with Crippen LogP contribution >= 0.6 is 11.6 Å². The van der Waals surface area contributed by atoms with Crippen LogP contribution in [-0.4, -0.2) is 18.4 Å². The molecule has 1 aliphatic heterocycles. The van der Waals surface area contributed by atoms with Crippen LogP contribution in [0.1, 0.15) is 10.4 Å². The summed E-state index contributed by atoms with van der Waals surface area (Å²) in [5, 5.41) is 3.05. The van der Waals surface area contributed by atoms with E-state index >= 15 is 0 Å². The van der Waals surface area contributed by atoms with E-state index in [1.165, 1.54) is 4.90 Å². The summed E-state index contributed by atoms with van der Waals surface area (Å²) in [5.74, 6) is -0.597. The van der Waals surface area contributed by atoms with E-state index in [-0.39, 0.29) is 29.6 Å². The maximum Gasteiger partial charge on any atom is 0.260 e. The number of fused-ring (bicyclic) bond motifs is 1. The summed E-state index contributed by atoms with van der Waals surface area (Å²) in [6.07, 6.45) is 0. The van der Waals surface area contributed by atoms with Crippen LogP contribution in [0.2, 0.25) is 5.02 Å². The molecular weight excluding hydrogens is 290 g/mol. The molecule has 2 amide bonds. The van der Waals surface area contributed by atoms with Gasteiger partial charge in [0.05, 0.1) is 27.6 Å². The van der Waals surface area contributed by atoms with Gasteiger partial charge in [-0.05, 0) is 24.3 Å². The Morgan fingerprint density at radius 2 is 1.95 bits per heavy atom. The molecule has 0 aliphatic carbocycles. The third-order valence-electron chi connectivity index (χ3n) is 3.30. The van der Waals surface area contributed by atoms with E-state index in [9.17, 15) is 9.59 Å². The molecule has 3 rings (SSSR count). The van der Waals surface area contributed by atoms with Crippen molar-refractivity contribution in [2.24, 2.45) is 0 Å². The maximum absolute atomic E-state index is 12.7. The highest BCUT2D eigenvalue weighted by molar-refractivity contribution is 6.34. The summed E-state index contributed by atoms with van der Waals surface area (Å²) in [4.78, 5) is 25.8. The zero-order valence-electron chi connectivity index (χ0n) is 11.0. The van der Waals surface area contributed by atoms with Crippen LogP contribution in [0.25, 0.3) is 0 Å². The Morgan fingerprint density at radius 3 is 2.76 bits per heavy atom. The molecule has 0 atom stereocenters. The second-order valence-corrected chi connectivity index (χ2v) is 5.06. The number of hydrogen-bond donors (Lipinski definition) is 2. The number of nitrogen functional groups attached to an aromatic ring is 1. The van der Waals surface area contributed by atoms with Crippen LogP contribution in [0.3, 0.4) is 0 Å². The van der Waals surface area contributed by atoms with Crippen LogP contribution in [0, 0.1) is 0 Å². The van der Waals surface area contributed by atoms with Crippen molar-refractivity contribution in [3.63, 3.8) is 0 Å². The van der Waals surface area contributed by atoms with Gasteiger partial charge in [-0.15, -0.1) is 0 Å². The average molecular weight is 302 g/mol. The van der Waals surface area contributed by atoms with E-state index in [1.807, 2.05) is 0 Å². The van der Waals surface area contributed by atoms with Gasteiger partial charge in [-0.3, -0.25) is 14.5 Å². The van der Waals surface area contributed by atoms with Gasteiger partial charge in [0.1, 0.15) is 6.54 Å². The summed E-state index contributed by atoms with van der Waals surface area (Å²) in [6, 6.07) is 12.0. The minimum absolute atomic E-state index is 0.0538. The lowest BCUT2D eigenvalue weighted by Gasteiger charge is -2.29. The molecule has 0 bridgehead atoms. The number of benzene rings is 2. The van der Waals surface area contributed by atoms with Crippen molar-refractivity contribution in [3.8, 4) is 0 Å². The Bertz CT molecular complexity index is 745. The van der Waals surface area contributed by atoms with Crippen molar-refractivity contribution < 1.29 is 9.59 Å². The number of carbonyl (C=O) groups is 2. The highest BCUT2D eigenvalue weighted by Crippen LogP contribution is 2.32. The molecule has 0 saturated carbocycles. The number of hydrogen-bond acceptors (Lipinski definition) is 3. The van der Waals surface area contributed by atoms with E-state index in [4.69, 9.17) is 17.3 Å². The van der Waals surface area contributed by atoms with Crippen molar-refractivity contribution in [2.45, 2.75) is 0 Å². The third kappa shape index (κ3) is 2.32. The fourth-order valence-electron chi connectivity index (χ4n) is 2.28. The van der Waals surface area contributed by atoms with Crippen LogP contribution in [0.4, 0.5) is 17.1 Å². The number of amides is 2. The number of halogens is 1. The summed E-state index contributed by atoms with van der Waals surface area (Å²) in [6.45, 7) is -0.0538. The lowest BCUT2D eigenvalue weighted by Crippen LogP contribution is -2.42. The number of nitrogens with two attached hydrogens (primary N) is 1. The van der Waals surface area contributed by atoms with Crippen LogP contribution < -0.4 is 16.0 Å². The smallest absolute Gasteiger partial charge is 0.260 e. The molecule has 2 aromatic rings. The van der Waals surface area contributed by atoms with Crippen molar-refractivity contribution in [1.29, 1.82) is 0 Å². The second-order valence-electron chi connectivity index (χ2n) is 4.66. The molecule has 106 valence electrons. The van der Waals surface area contributed by atoms with Gasteiger partial charge in [0.25, 0.3) is 5.91 Å². The SMILES string of the molecule is Nc1c(Cl)cccc1C(=O)N1CC(=O)Nc2ccccc21. The molecular formula is C15H12ClN3O2. The quantitative estimate of drug-likeness (QED) is 0.795. The minimum atomic E-state index is -0.350. The number of para-hydroxylation sites is 3.